The standard InChI is InChI=1S/C17H19ClN2O4S2.HI/c1-12-9-13(23-7-8-25-17(19)20-2)11-14(10-12)24-26(21,22)16-6-4-3-5-15(16)18;/h3-6,9-11H,7-8H2,1-2H3,(H2,19,20);1H/p-1. The van der Waals surface area contributed by atoms with Crippen molar-refractivity contribution in [3.05, 3.63) is 53.1 Å². The number of nitrogens with zero attached hydrogens (tertiary/aromatic N) is 1. The topological polar surface area (TPSA) is 91.0 Å². The van der Waals surface area contributed by atoms with Gasteiger partial charge in [0.2, 0.25) is 0 Å². The van der Waals surface area contributed by atoms with E-state index in [1.807, 2.05) is 6.92 Å². The first kappa shape index (κ1) is 23.9. The molecule has 0 saturated carbocycles. The molecule has 2 N–H and O–H groups in total. The maximum absolute atomic E-state index is 12.4. The van der Waals surface area contributed by atoms with E-state index in [0.717, 1.165) is 5.56 Å². The Morgan fingerprint density at radius 1 is 1.22 bits per heavy atom. The van der Waals surface area contributed by atoms with Crippen LogP contribution in [0.3, 0.4) is 0 Å². The number of aliphatic imine (C=N–C) groups is 1. The molecule has 0 saturated heterocycles. The van der Waals surface area contributed by atoms with E-state index >= 15 is 0 Å². The van der Waals surface area contributed by atoms with Crippen LogP contribution in [0.15, 0.2) is 52.4 Å². The smallest absolute Gasteiger partial charge is 0.340 e. The minimum absolute atomic E-state index is 0. The summed E-state index contributed by atoms with van der Waals surface area (Å²) in [6.45, 7) is 2.21. The number of amidine groups is 1. The second kappa shape index (κ2) is 11.0. The van der Waals surface area contributed by atoms with Crippen LogP contribution in [-0.2, 0) is 10.1 Å². The van der Waals surface area contributed by atoms with Gasteiger partial charge in [-0.2, -0.15) is 8.42 Å². The molecule has 0 amide bonds. The maximum Gasteiger partial charge on any atom is 0.340 e. The molecule has 0 radical (unpaired) electrons. The van der Waals surface area contributed by atoms with Gasteiger partial charge in [-0.3, -0.25) is 4.99 Å². The van der Waals surface area contributed by atoms with Gasteiger partial charge in [0.1, 0.15) is 16.4 Å². The van der Waals surface area contributed by atoms with Crippen molar-refractivity contribution in [1.82, 2.24) is 0 Å². The van der Waals surface area contributed by atoms with Crippen molar-refractivity contribution in [3.63, 3.8) is 0 Å². The molecule has 27 heavy (non-hydrogen) atoms. The van der Waals surface area contributed by atoms with Crippen LogP contribution in [0.4, 0.5) is 0 Å². The monoisotopic (exact) mass is 541 g/mol. The van der Waals surface area contributed by atoms with Gasteiger partial charge >= 0.3 is 10.1 Å². The van der Waals surface area contributed by atoms with Gasteiger partial charge in [-0.1, -0.05) is 35.5 Å². The summed E-state index contributed by atoms with van der Waals surface area (Å²) >= 11 is 7.33. The summed E-state index contributed by atoms with van der Waals surface area (Å²) in [7, 11) is -2.42. The lowest BCUT2D eigenvalue weighted by atomic mass is 10.2. The van der Waals surface area contributed by atoms with E-state index in [4.69, 9.17) is 26.3 Å². The van der Waals surface area contributed by atoms with Crippen LogP contribution in [0, 0.1) is 6.92 Å². The Hall–Kier alpha value is -1.17. The van der Waals surface area contributed by atoms with Crippen molar-refractivity contribution >= 4 is 38.6 Å². The largest absolute Gasteiger partial charge is 1.00 e. The fraction of sp³-hybridized carbons (Fsp3) is 0.235. The quantitative estimate of drug-likeness (QED) is 0.180. The number of thioether (sulfide) groups is 1. The summed E-state index contributed by atoms with van der Waals surface area (Å²) in [5.41, 5.74) is 6.40. The number of ether oxygens (including phenoxy) is 1. The zero-order valence-electron chi connectivity index (χ0n) is 14.7. The van der Waals surface area contributed by atoms with E-state index in [2.05, 4.69) is 4.99 Å². The third-order valence-electron chi connectivity index (χ3n) is 3.16. The summed E-state index contributed by atoms with van der Waals surface area (Å²) in [5.74, 6) is 1.27. The van der Waals surface area contributed by atoms with Crippen LogP contribution in [-0.4, -0.2) is 33.0 Å². The summed E-state index contributed by atoms with van der Waals surface area (Å²) in [4.78, 5) is 3.76. The number of hydrogen-bond donors (Lipinski definition) is 1. The minimum Gasteiger partial charge on any atom is -1.00 e. The summed E-state index contributed by atoms with van der Waals surface area (Å²) in [6.07, 6.45) is 0. The van der Waals surface area contributed by atoms with Gasteiger partial charge in [-0.25, -0.2) is 0 Å². The lowest BCUT2D eigenvalue weighted by molar-refractivity contribution is -0.00000939. The average molecular weight is 542 g/mol. The second-order valence-electron chi connectivity index (χ2n) is 5.21. The van der Waals surface area contributed by atoms with Gasteiger partial charge in [-0.05, 0) is 36.8 Å². The minimum atomic E-state index is -4.04. The van der Waals surface area contributed by atoms with Crippen LogP contribution in [0.2, 0.25) is 5.02 Å². The number of halogens is 2. The molecule has 0 aliphatic carbocycles. The molecule has 0 fully saturated rings. The van der Waals surface area contributed by atoms with Crippen LogP contribution in [0.1, 0.15) is 5.56 Å². The SMILES string of the molecule is CN=C(N)SCCOc1cc(C)cc(OS(=O)(=O)c2ccccc2Cl)c1.[I-]. The molecule has 6 nitrogen and oxygen atoms in total. The number of rotatable bonds is 7. The third-order valence-corrected chi connectivity index (χ3v) is 5.76. The van der Waals surface area contributed by atoms with Crippen LogP contribution in [0.5, 0.6) is 11.5 Å². The van der Waals surface area contributed by atoms with E-state index in [0.29, 0.717) is 23.3 Å². The summed E-state index contributed by atoms with van der Waals surface area (Å²) in [5, 5.41) is 0.580. The van der Waals surface area contributed by atoms with Crippen molar-refractivity contribution < 1.29 is 41.3 Å². The number of benzene rings is 2. The van der Waals surface area contributed by atoms with Gasteiger partial charge in [0.15, 0.2) is 5.17 Å². The highest BCUT2D eigenvalue weighted by Crippen LogP contribution is 2.28. The summed E-state index contributed by atoms with van der Waals surface area (Å²) < 4.78 is 35.7. The molecule has 0 aliphatic heterocycles. The second-order valence-corrected chi connectivity index (χ2v) is 8.25. The molecule has 0 aromatic heterocycles. The van der Waals surface area contributed by atoms with Gasteiger partial charge in [-0.15, -0.1) is 0 Å². The normalized spacial score (nSPS) is 11.6. The van der Waals surface area contributed by atoms with E-state index in [1.165, 1.54) is 30.0 Å². The molecule has 2 rings (SSSR count). The van der Waals surface area contributed by atoms with Gasteiger partial charge < -0.3 is 38.6 Å². The molecular weight excluding hydrogens is 523 g/mol. The van der Waals surface area contributed by atoms with E-state index in [9.17, 15) is 8.42 Å². The molecular formula is C17H19ClIN2O4S2-. The number of hydrogen-bond acceptors (Lipinski definition) is 6. The lowest BCUT2D eigenvalue weighted by Gasteiger charge is -2.11. The lowest BCUT2D eigenvalue weighted by Crippen LogP contribution is -3.00. The molecule has 0 atom stereocenters. The fourth-order valence-electron chi connectivity index (χ4n) is 2.03. The molecule has 148 valence electrons. The molecule has 0 bridgehead atoms. The van der Waals surface area contributed by atoms with Crippen LogP contribution >= 0.6 is 23.4 Å². The first-order valence-corrected chi connectivity index (χ1v) is 10.4. The molecule has 2 aromatic carbocycles. The molecule has 0 heterocycles. The number of aryl methyl sites for hydroxylation is 1. The highest BCUT2D eigenvalue weighted by Gasteiger charge is 2.20. The van der Waals surface area contributed by atoms with E-state index in [1.54, 1.807) is 31.3 Å². The fourth-order valence-corrected chi connectivity index (χ4v) is 3.95. The highest BCUT2D eigenvalue weighted by atomic mass is 127. The van der Waals surface area contributed by atoms with Gasteiger partial charge in [0.25, 0.3) is 0 Å². The van der Waals surface area contributed by atoms with Crippen molar-refractivity contribution in [2.45, 2.75) is 11.8 Å². The zero-order chi connectivity index (χ0) is 19.2. The van der Waals surface area contributed by atoms with Crippen molar-refractivity contribution in [2.75, 3.05) is 19.4 Å². The first-order valence-electron chi connectivity index (χ1n) is 7.60. The van der Waals surface area contributed by atoms with Crippen molar-refractivity contribution in [1.29, 1.82) is 0 Å². The van der Waals surface area contributed by atoms with Crippen molar-refractivity contribution in [2.24, 2.45) is 10.7 Å². The Labute approximate surface area is 185 Å². The van der Waals surface area contributed by atoms with E-state index < -0.39 is 10.1 Å². The Balaban J connectivity index is 0.00000364. The molecule has 0 aliphatic rings. The molecule has 0 unspecified atom stereocenters. The number of nitrogens with two attached hydrogens (primary N) is 1. The van der Waals surface area contributed by atoms with Crippen LogP contribution < -0.4 is 38.6 Å². The molecule has 10 heteroatoms. The third kappa shape index (κ3) is 7.40. The Bertz CT molecular complexity index is 908. The Kier molecular flexibility index (Phi) is 9.71. The summed E-state index contributed by atoms with van der Waals surface area (Å²) in [6, 6.07) is 11.0. The predicted molar refractivity (Wildman–Crippen MR) is 106 cm³/mol. The maximum atomic E-state index is 12.4. The van der Waals surface area contributed by atoms with Gasteiger partial charge in [0, 0.05) is 18.9 Å². The predicted octanol–water partition coefficient (Wildman–Crippen LogP) is 0.477. The van der Waals surface area contributed by atoms with Crippen LogP contribution in [0.25, 0.3) is 0 Å². The Morgan fingerprint density at radius 3 is 2.56 bits per heavy atom. The van der Waals surface area contributed by atoms with E-state index in [-0.39, 0.29) is 39.6 Å². The first-order chi connectivity index (χ1) is 12.3. The Morgan fingerprint density at radius 2 is 1.89 bits per heavy atom. The molecule has 2 aromatic rings. The van der Waals surface area contributed by atoms with Gasteiger partial charge in [0.05, 0.1) is 11.6 Å². The molecule has 0 spiro atoms. The van der Waals surface area contributed by atoms with Crippen molar-refractivity contribution in [3.8, 4) is 11.5 Å². The highest BCUT2D eigenvalue weighted by molar-refractivity contribution is 8.13. The average Bonchev–Trinajstić information content (AvgIpc) is 2.57. The zero-order valence-corrected chi connectivity index (χ0v) is 19.2.